The molecule has 2 aromatic rings. The number of nitrogens with one attached hydrogen (secondary N) is 2. The Morgan fingerprint density at radius 1 is 0.938 bits per heavy atom. The summed E-state index contributed by atoms with van der Waals surface area (Å²) < 4.78 is 5.55. The van der Waals surface area contributed by atoms with Crippen LogP contribution in [0.3, 0.4) is 0 Å². The van der Waals surface area contributed by atoms with Gasteiger partial charge in [0, 0.05) is 5.92 Å². The maximum atomic E-state index is 12.7. The van der Waals surface area contributed by atoms with Crippen molar-refractivity contribution in [2.24, 2.45) is 16.8 Å². The summed E-state index contributed by atoms with van der Waals surface area (Å²) in [5.74, 6) is -0.774. The molecule has 0 aliphatic heterocycles. The molecule has 7 nitrogen and oxygen atoms in total. The van der Waals surface area contributed by atoms with E-state index in [1.165, 1.54) is 6.08 Å². The predicted octanol–water partition coefficient (Wildman–Crippen LogP) is 3.98. The van der Waals surface area contributed by atoms with Crippen molar-refractivity contribution in [1.29, 1.82) is 0 Å². The van der Waals surface area contributed by atoms with Gasteiger partial charge in [0.15, 0.2) is 0 Å². The Morgan fingerprint density at radius 3 is 2.00 bits per heavy atom. The van der Waals surface area contributed by atoms with Gasteiger partial charge < -0.3 is 15.4 Å². The second kappa shape index (κ2) is 10.2. The van der Waals surface area contributed by atoms with Crippen LogP contribution in [0.15, 0.2) is 53.5 Å². The van der Waals surface area contributed by atoms with Gasteiger partial charge in [0.25, 0.3) is 0 Å². The lowest BCUT2D eigenvalue weighted by Crippen LogP contribution is -2.52. The molecule has 2 N–H and O–H groups in total. The van der Waals surface area contributed by atoms with E-state index in [-0.39, 0.29) is 24.4 Å². The molecule has 0 fully saturated rings. The van der Waals surface area contributed by atoms with Gasteiger partial charge >= 0.3 is 6.09 Å². The van der Waals surface area contributed by atoms with Crippen LogP contribution < -0.4 is 10.6 Å². The minimum Gasteiger partial charge on any atom is -0.449 e. The zero-order valence-electron chi connectivity index (χ0n) is 18.8. The van der Waals surface area contributed by atoms with E-state index in [0.29, 0.717) is 0 Å². The largest absolute Gasteiger partial charge is 0.449 e. The van der Waals surface area contributed by atoms with Gasteiger partial charge in [0.05, 0.1) is 0 Å². The van der Waals surface area contributed by atoms with Gasteiger partial charge in [-0.3, -0.25) is 4.79 Å². The highest BCUT2D eigenvalue weighted by molar-refractivity contribution is 5.86. The molecule has 0 saturated carbocycles. The quantitative estimate of drug-likeness (QED) is 0.484. The lowest BCUT2D eigenvalue weighted by molar-refractivity contribution is -0.125. The fourth-order valence-electron chi connectivity index (χ4n) is 3.94. The van der Waals surface area contributed by atoms with Crippen molar-refractivity contribution in [2.45, 2.75) is 45.8 Å². The van der Waals surface area contributed by atoms with Gasteiger partial charge in [-0.25, -0.2) is 9.59 Å². The van der Waals surface area contributed by atoms with Gasteiger partial charge in [-0.1, -0.05) is 76.2 Å². The Hall–Kier alpha value is -3.44. The van der Waals surface area contributed by atoms with Gasteiger partial charge in [-0.15, -0.1) is 0 Å². The molecular formula is C25H29N3O4. The highest BCUT2D eigenvalue weighted by Gasteiger charge is 2.31. The third-order valence-corrected chi connectivity index (χ3v) is 5.68. The number of benzene rings is 2. The van der Waals surface area contributed by atoms with E-state index in [1.54, 1.807) is 0 Å². The zero-order valence-corrected chi connectivity index (χ0v) is 18.8. The molecule has 0 unspecified atom stereocenters. The minimum atomic E-state index is -0.825. The summed E-state index contributed by atoms with van der Waals surface area (Å²) in [5.41, 5.74) is 4.52. The van der Waals surface area contributed by atoms with Crippen LogP contribution in [0.2, 0.25) is 0 Å². The number of nitrogens with zero attached hydrogens (tertiary/aromatic N) is 1. The monoisotopic (exact) mass is 435 g/mol. The number of fused-ring (bicyclic) bond motifs is 3. The standard InChI is InChI=1S/C25H29N3O4/c1-15(2)22(24(30)28-23(16(3)4)26-14-29)27-25(31)32-13-21-19-11-7-5-9-17(19)18-10-6-8-12-20(18)21/h5-12,15-16,21-23H,13H2,1-4H3,(H,27,31)(H,28,30)/t22-,23-/m0/s1. The van der Waals surface area contributed by atoms with Crippen LogP contribution >= 0.6 is 0 Å². The molecule has 0 aromatic heterocycles. The van der Waals surface area contributed by atoms with E-state index in [4.69, 9.17) is 4.74 Å². The summed E-state index contributed by atoms with van der Waals surface area (Å²) in [6.07, 6.45) is 0.110. The second-order valence-corrected chi connectivity index (χ2v) is 8.61. The number of carbonyl (C=O) groups excluding carboxylic acids is 3. The Balaban J connectivity index is 1.66. The van der Waals surface area contributed by atoms with Gasteiger partial charge in [0.1, 0.15) is 18.8 Å². The first-order valence-corrected chi connectivity index (χ1v) is 10.8. The molecule has 0 spiro atoms. The maximum Gasteiger partial charge on any atom is 0.407 e. The Morgan fingerprint density at radius 2 is 1.50 bits per heavy atom. The van der Waals surface area contributed by atoms with Crippen LogP contribution in [-0.4, -0.2) is 36.9 Å². The Bertz CT molecular complexity index is 982. The molecule has 32 heavy (non-hydrogen) atoms. The molecule has 2 aromatic carbocycles. The van der Waals surface area contributed by atoms with E-state index in [9.17, 15) is 14.4 Å². The SMILES string of the molecule is CC(C)[C@H](NC(=O)OCC1c2ccccc2-c2ccccc21)C(=O)N[C@H](N=C=O)C(C)C. The predicted molar refractivity (Wildman–Crippen MR) is 122 cm³/mol. The molecule has 168 valence electrons. The van der Waals surface area contributed by atoms with Crippen molar-refractivity contribution in [1.82, 2.24) is 10.6 Å². The zero-order chi connectivity index (χ0) is 23.3. The van der Waals surface area contributed by atoms with E-state index >= 15 is 0 Å². The first kappa shape index (κ1) is 23.2. The van der Waals surface area contributed by atoms with Crippen LogP contribution in [0.25, 0.3) is 11.1 Å². The molecule has 2 atom stereocenters. The topological polar surface area (TPSA) is 96.9 Å². The number of rotatable bonds is 8. The summed E-state index contributed by atoms with van der Waals surface area (Å²) >= 11 is 0. The average Bonchev–Trinajstić information content (AvgIpc) is 3.09. The van der Waals surface area contributed by atoms with Gasteiger partial charge in [0.2, 0.25) is 12.0 Å². The van der Waals surface area contributed by atoms with Gasteiger partial charge in [-0.2, -0.15) is 4.99 Å². The van der Waals surface area contributed by atoms with E-state index in [2.05, 4.69) is 27.8 Å². The molecular weight excluding hydrogens is 406 g/mol. The second-order valence-electron chi connectivity index (χ2n) is 8.61. The molecule has 1 aliphatic rings. The van der Waals surface area contributed by atoms with Crippen molar-refractivity contribution in [3.05, 3.63) is 59.7 Å². The summed E-state index contributed by atoms with van der Waals surface area (Å²) in [5, 5.41) is 5.35. The third-order valence-electron chi connectivity index (χ3n) is 5.68. The first-order chi connectivity index (χ1) is 15.3. The molecule has 7 heteroatoms. The number of amides is 2. The Kier molecular flexibility index (Phi) is 7.44. The van der Waals surface area contributed by atoms with E-state index < -0.39 is 24.2 Å². The molecule has 0 saturated heterocycles. The van der Waals surface area contributed by atoms with Crippen LogP contribution in [0.4, 0.5) is 4.79 Å². The van der Waals surface area contributed by atoms with Crippen molar-refractivity contribution in [3.63, 3.8) is 0 Å². The molecule has 2 amide bonds. The fraction of sp³-hybridized carbons (Fsp3) is 0.400. The smallest absolute Gasteiger partial charge is 0.407 e. The number of hydrogen-bond donors (Lipinski definition) is 2. The fourth-order valence-corrected chi connectivity index (χ4v) is 3.94. The summed E-state index contributed by atoms with van der Waals surface area (Å²) in [4.78, 5) is 39.6. The highest BCUT2D eigenvalue weighted by Crippen LogP contribution is 2.44. The maximum absolute atomic E-state index is 12.7. The number of alkyl carbamates (subject to hydrolysis) is 1. The third kappa shape index (κ3) is 5.06. The Labute approximate surface area is 188 Å². The van der Waals surface area contributed by atoms with Crippen LogP contribution in [-0.2, 0) is 14.3 Å². The lowest BCUT2D eigenvalue weighted by atomic mass is 9.98. The normalized spacial score (nSPS) is 14.2. The van der Waals surface area contributed by atoms with Crippen LogP contribution in [0.5, 0.6) is 0 Å². The van der Waals surface area contributed by atoms with Crippen molar-refractivity contribution in [2.75, 3.05) is 6.61 Å². The highest BCUT2D eigenvalue weighted by atomic mass is 16.5. The van der Waals surface area contributed by atoms with E-state index in [0.717, 1.165) is 22.3 Å². The number of aliphatic imine (C=N–C) groups is 1. The summed E-state index contributed by atoms with van der Waals surface area (Å²) in [7, 11) is 0. The molecule has 0 heterocycles. The molecule has 1 aliphatic carbocycles. The van der Waals surface area contributed by atoms with Crippen molar-refractivity contribution < 1.29 is 19.1 Å². The van der Waals surface area contributed by atoms with Crippen LogP contribution in [0.1, 0.15) is 44.7 Å². The van der Waals surface area contributed by atoms with E-state index in [1.807, 2.05) is 64.1 Å². The summed E-state index contributed by atoms with van der Waals surface area (Å²) in [6.45, 7) is 7.46. The number of carbonyl (C=O) groups is 2. The molecule has 0 bridgehead atoms. The van der Waals surface area contributed by atoms with Crippen LogP contribution in [0, 0.1) is 11.8 Å². The first-order valence-electron chi connectivity index (χ1n) is 10.8. The number of isocyanates is 1. The van der Waals surface area contributed by atoms with Crippen molar-refractivity contribution in [3.8, 4) is 11.1 Å². The van der Waals surface area contributed by atoms with Gasteiger partial charge in [-0.05, 0) is 34.1 Å². The lowest BCUT2D eigenvalue weighted by Gasteiger charge is -2.25. The number of ether oxygens (including phenoxy) is 1. The average molecular weight is 436 g/mol. The number of hydrogen-bond acceptors (Lipinski definition) is 5. The van der Waals surface area contributed by atoms with Crippen molar-refractivity contribution >= 4 is 18.1 Å². The molecule has 3 rings (SSSR count). The summed E-state index contributed by atoms with van der Waals surface area (Å²) in [6, 6.07) is 15.4. The minimum absolute atomic E-state index is 0.0632. The molecule has 0 radical (unpaired) electrons.